The van der Waals surface area contributed by atoms with Gasteiger partial charge in [-0.3, -0.25) is 4.79 Å². The minimum atomic E-state index is 0.0597. The standard InChI is InChI=1S/C21H25ClN3O/c22-17-9-10-18-16(8-11-19(23-18)25-12-4-5-13-25)21(17)24-20(26)14-15-6-2-1-3-7-15/h4,8-11,15H,1-3,5-7,12-14H2,(H,24,26). The zero-order chi connectivity index (χ0) is 17.9. The van der Waals surface area contributed by atoms with Crippen molar-refractivity contribution in [1.82, 2.24) is 4.98 Å². The van der Waals surface area contributed by atoms with Crippen LogP contribution in [0.4, 0.5) is 11.5 Å². The molecule has 2 heterocycles. The van der Waals surface area contributed by atoms with E-state index in [2.05, 4.69) is 16.6 Å². The maximum atomic E-state index is 12.6. The van der Waals surface area contributed by atoms with E-state index in [0.717, 1.165) is 49.1 Å². The number of halogens is 1. The molecule has 0 spiro atoms. The van der Waals surface area contributed by atoms with Crippen molar-refractivity contribution in [3.05, 3.63) is 35.7 Å². The van der Waals surface area contributed by atoms with Gasteiger partial charge in [0.15, 0.2) is 0 Å². The highest BCUT2D eigenvalue weighted by molar-refractivity contribution is 6.35. The molecule has 0 atom stereocenters. The Morgan fingerprint density at radius 1 is 1.19 bits per heavy atom. The summed E-state index contributed by atoms with van der Waals surface area (Å²) in [5, 5.41) is 4.53. The Hall–Kier alpha value is -1.81. The molecule has 2 fully saturated rings. The minimum Gasteiger partial charge on any atom is -0.356 e. The molecule has 1 radical (unpaired) electrons. The molecule has 1 amide bonds. The monoisotopic (exact) mass is 370 g/mol. The number of aromatic nitrogens is 1. The Morgan fingerprint density at radius 2 is 2.04 bits per heavy atom. The number of nitrogens with one attached hydrogen (secondary N) is 1. The maximum absolute atomic E-state index is 12.6. The summed E-state index contributed by atoms with van der Waals surface area (Å²) >= 11 is 6.40. The molecule has 1 aromatic heterocycles. The molecule has 26 heavy (non-hydrogen) atoms. The highest BCUT2D eigenvalue weighted by atomic mass is 35.5. The Morgan fingerprint density at radius 3 is 2.81 bits per heavy atom. The summed E-state index contributed by atoms with van der Waals surface area (Å²) in [4.78, 5) is 19.6. The van der Waals surface area contributed by atoms with Crippen molar-refractivity contribution in [2.24, 2.45) is 5.92 Å². The third-order valence-corrected chi connectivity index (χ3v) is 5.86. The molecular formula is C21H25ClN3O. The van der Waals surface area contributed by atoms with Gasteiger partial charge in [-0.2, -0.15) is 0 Å². The van der Waals surface area contributed by atoms with Crippen LogP contribution >= 0.6 is 11.6 Å². The largest absolute Gasteiger partial charge is 0.356 e. The summed E-state index contributed by atoms with van der Waals surface area (Å²) in [7, 11) is 0. The van der Waals surface area contributed by atoms with Crippen LogP contribution in [0.3, 0.4) is 0 Å². The first kappa shape index (κ1) is 17.6. The molecule has 5 heteroatoms. The number of rotatable bonds is 4. The van der Waals surface area contributed by atoms with E-state index in [1.54, 1.807) is 0 Å². The van der Waals surface area contributed by atoms with Crippen molar-refractivity contribution in [2.45, 2.75) is 44.9 Å². The molecule has 2 aromatic rings. The van der Waals surface area contributed by atoms with Gasteiger partial charge in [0.05, 0.1) is 16.2 Å². The second kappa shape index (κ2) is 7.83. The van der Waals surface area contributed by atoms with Gasteiger partial charge in [0.25, 0.3) is 0 Å². The fraction of sp³-hybridized carbons (Fsp3) is 0.476. The second-order valence-electron chi connectivity index (χ2n) is 7.44. The van der Waals surface area contributed by atoms with Crippen molar-refractivity contribution in [2.75, 3.05) is 23.3 Å². The first-order chi connectivity index (χ1) is 12.7. The lowest BCUT2D eigenvalue weighted by Gasteiger charge is -2.21. The number of nitrogens with zero attached hydrogens (tertiary/aromatic N) is 2. The summed E-state index contributed by atoms with van der Waals surface area (Å²) in [5.41, 5.74) is 1.56. The molecule has 1 aromatic carbocycles. The lowest BCUT2D eigenvalue weighted by molar-refractivity contribution is -0.117. The number of amides is 1. The molecule has 137 valence electrons. The predicted molar refractivity (Wildman–Crippen MR) is 108 cm³/mol. The third kappa shape index (κ3) is 3.80. The van der Waals surface area contributed by atoms with Crippen molar-refractivity contribution in [3.63, 3.8) is 0 Å². The highest BCUT2D eigenvalue weighted by Crippen LogP contribution is 2.33. The fourth-order valence-electron chi connectivity index (χ4n) is 4.11. The molecule has 1 aliphatic carbocycles. The molecule has 4 rings (SSSR count). The van der Waals surface area contributed by atoms with Crippen LogP contribution in [0.15, 0.2) is 24.3 Å². The Bertz CT molecular complexity index is 795. The van der Waals surface area contributed by atoms with E-state index in [1.165, 1.54) is 19.3 Å². The summed E-state index contributed by atoms with van der Waals surface area (Å²) in [6, 6.07) is 7.80. The van der Waals surface area contributed by atoms with E-state index in [4.69, 9.17) is 16.6 Å². The van der Waals surface area contributed by atoms with E-state index >= 15 is 0 Å². The molecule has 1 aliphatic heterocycles. The Kier molecular flexibility index (Phi) is 5.30. The van der Waals surface area contributed by atoms with Gasteiger partial charge >= 0.3 is 0 Å². The van der Waals surface area contributed by atoms with Crippen molar-refractivity contribution in [1.29, 1.82) is 0 Å². The van der Waals surface area contributed by atoms with E-state index in [-0.39, 0.29) is 5.91 Å². The summed E-state index contributed by atoms with van der Waals surface area (Å²) in [6.45, 7) is 1.95. The van der Waals surface area contributed by atoms with E-state index < -0.39 is 0 Å². The molecule has 1 N–H and O–H groups in total. The number of hydrogen-bond donors (Lipinski definition) is 1. The van der Waals surface area contributed by atoms with Gasteiger partial charge < -0.3 is 10.2 Å². The molecule has 0 bridgehead atoms. The second-order valence-corrected chi connectivity index (χ2v) is 7.85. The average Bonchev–Trinajstić information content (AvgIpc) is 3.19. The molecular weight excluding hydrogens is 346 g/mol. The van der Waals surface area contributed by atoms with Crippen LogP contribution in [0.5, 0.6) is 0 Å². The van der Waals surface area contributed by atoms with Crippen LogP contribution in [-0.2, 0) is 4.79 Å². The minimum absolute atomic E-state index is 0.0597. The zero-order valence-corrected chi connectivity index (χ0v) is 15.8. The van der Waals surface area contributed by atoms with Gasteiger partial charge in [-0.05, 0) is 55.9 Å². The lowest BCUT2D eigenvalue weighted by atomic mass is 9.87. The highest BCUT2D eigenvalue weighted by Gasteiger charge is 2.19. The number of carbonyl (C=O) groups excluding carboxylic acids is 1. The zero-order valence-electron chi connectivity index (χ0n) is 15.0. The van der Waals surface area contributed by atoms with Gasteiger partial charge in [0.1, 0.15) is 5.82 Å². The summed E-state index contributed by atoms with van der Waals surface area (Å²) in [6.07, 6.45) is 10.1. The van der Waals surface area contributed by atoms with Crippen LogP contribution in [0.2, 0.25) is 5.02 Å². The third-order valence-electron chi connectivity index (χ3n) is 5.55. The van der Waals surface area contributed by atoms with E-state index in [0.29, 0.717) is 23.0 Å². The number of fused-ring (bicyclic) bond motifs is 1. The maximum Gasteiger partial charge on any atom is 0.224 e. The Balaban J connectivity index is 1.55. The number of hydrogen-bond acceptors (Lipinski definition) is 3. The molecule has 1 saturated heterocycles. The van der Waals surface area contributed by atoms with Crippen LogP contribution in [0, 0.1) is 12.3 Å². The molecule has 2 aliphatic rings. The van der Waals surface area contributed by atoms with Crippen molar-refractivity contribution < 1.29 is 4.79 Å². The smallest absolute Gasteiger partial charge is 0.224 e. The van der Waals surface area contributed by atoms with Crippen molar-refractivity contribution >= 4 is 39.9 Å². The quantitative estimate of drug-likeness (QED) is 0.803. The first-order valence-corrected chi connectivity index (χ1v) is 10.0. The van der Waals surface area contributed by atoms with Crippen LogP contribution < -0.4 is 10.2 Å². The molecule has 4 nitrogen and oxygen atoms in total. The van der Waals surface area contributed by atoms with Gasteiger partial charge in [0.2, 0.25) is 5.91 Å². The Labute approximate surface area is 159 Å². The molecule has 1 saturated carbocycles. The van der Waals surface area contributed by atoms with Crippen LogP contribution in [0.1, 0.15) is 44.9 Å². The van der Waals surface area contributed by atoms with Gasteiger partial charge in [-0.1, -0.05) is 30.9 Å². The number of pyridine rings is 1. The lowest BCUT2D eigenvalue weighted by Crippen LogP contribution is -2.19. The summed E-state index contributed by atoms with van der Waals surface area (Å²) in [5.74, 6) is 1.55. The average molecular weight is 371 g/mol. The van der Waals surface area contributed by atoms with E-state index in [1.807, 2.05) is 24.3 Å². The topological polar surface area (TPSA) is 45.2 Å². The van der Waals surface area contributed by atoms with Crippen molar-refractivity contribution in [3.8, 4) is 0 Å². The normalized spacial score (nSPS) is 18.4. The predicted octanol–water partition coefficient (Wildman–Crippen LogP) is 5.21. The van der Waals surface area contributed by atoms with Crippen LogP contribution in [-0.4, -0.2) is 24.0 Å². The van der Waals surface area contributed by atoms with Gasteiger partial charge in [0, 0.05) is 24.9 Å². The number of carbonyl (C=O) groups is 1. The van der Waals surface area contributed by atoms with Gasteiger partial charge in [-0.25, -0.2) is 4.98 Å². The van der Waals surface area contributed by atoms with E-state index in [9.17, 15) is 4.79 Å². The summed E-state index contributed by atoms with van der Waals surface area (Å²) < 4.78 is 0. The molecule has 0 unspecified atom stereocenters. The van der Waals surface area contributed by atoms with Gasteiger partial charge in [-0.15, -0.1) is 0 Å². The SMILES string of the molecule is O=C(CC1CCCCC1)Nc1c(Cl)ccc2nc(N3C[CH]CC3)ccc12. The number of benzene rings is 1. The van der Waals surface area contributed by atoms with Crippen LogP contribution in [0.25, 0.3) is 10.9 Å². The first-order valence-electron chi connectivity index (χ1n) is 9.66. The number of anilines is 2. The fourth-order valence-corrected chi connectivity index (χ4v) is 4.32.